The Hall–Kier alpha value is -2.84. The average Bonchev–Trinajstić information content (AvgIpc) is 3.44. The molecule has 34 heavy (non-hydrogen) atoms. The number of hydrogen-bond donors (Lipinski definition) is 2. The topological polar surface area (TPSA) is 59.2 Å². The van der Waals surface area contributed by atoms with Crippen LogP contribution in [0, 0.1) is 0 Å². The lowest BCUT2D eigenvalue weighted by molar-refractivity contribution is -0.137. The molecule has 2 heterocycles. The molecule has 0 radical (unpaired) electrons. The molecule has 1 saturated carbocycles. The van der Waals surface area contributed by atoms with Crippen LogP contribution in [0.4, 0.5) is 13.2 Å². The van der Waals surface area contributed by atoms with E-state index in [4.69, 9.17) is 14.6 Å². The van der Waals surface area contributed by atoms with Crippen molar-refractivity contribution in [2.45, 2.75) is 56.7 Å². The summed E-state index contributed by atoms with van der Waals surface area (Å²) in [5, 5.41) is 0. The van der Waals surface area contributed by atoms with Crippen LogP contribution in [0.1, 0.15) is 55.5 Å². The molecule has 0 unspecified atom stereocenters. The molecule has 5 rings (SSSR count). The summed E-state index contributed by atoms with van der Waals surface area (Å²) in [7, 11) is 1.64. The van der Waals surface area contributed by atoms with E-state index >= 15 is 0 Å². The molecule has 3 aromatic rings. The van der Waals surface area contributed by atoms with Crippen LogP contribution < -0.4 is 5.48 Å². The number of alkyl halides is 3. The van der Waals surface area contributed by atoms with Crippen LogP contribution in [0.15, 0.2) is 42.5 Å². The first kappa shape index (κ1) is 22.9. The standard InChI is InChI=1S/C26H28F3N3O2/c1-33-13-7-8-17-14-18(19-9-3-4-10-20(19)26(27,28)29)15-21-23(17)31-24(30-21)22-16-25(34-32-22)11-5-2-6-12-25/h3-4,9-10,14-16,32H,2,5-8,11-13H2,1H3,(H,30,31). The van der Waals surface area contributed by atoms with Gasteiger partial charge >= 0.3 is 6.18 Å². The van der Waals surface area contributed by atoms with E-state index in [1.54, 1.807) is 19.2 Å². The molecule has 0 amide bonds. The quantitative estimate of drug-likeness (QED) is 0.408. The van der Waals surface area contributed by atoms with Gasteiger partial charge in [-0.05, 0) is 66.6 Å². The molecule has 1 spiro atoms. The molecule has 0 atom stereocenters. The number of nitrogens with one attached hydrogen (secondary N) is 2. The highest BCUT2D eigenvalue weighted by atomic mass is 19.4. The Balaban J connectivity index is 1.58. The molecule has 0 bridgehead atoms. The van der Waals surface area contributed by atoms with E-state index in [-0.39, 0.29) is 11.2 Å². The fourth-order valence-electron chi connectivity index (χ4n) is 5.04. The zero-order valence-corrected chi connectivity index (χ0v) is 19.1. The van der Waals surface area contributed by atoms with Crippen LogP contribution in [0.3, 0.4) is 0 Å². The molecule has 8 heteroatoms. The van der Waals surface area contributed by atoms with E-state index in [2.05, 4.69) is 16.5 Å². The first-order valence-electron chi connectivity index (χ1n) is 11.7. The molecular formula is C26H28F3N3O2. The molecule has 5 nitrogen and oxygen atoms in total. The number of benzene rings is 2. The average molecular weight is 472 g/mol. The maximum atomic E-state index is 13.7. The molecule has 2 aliphatic rings. The number of aromatic nitrogens is 2. The van der Waals surface area contributed by atoms with E-state index in [9.17, 15) is 13.2 Å². The van der Waals surface area contributed by atoms with Crippen LogP contribution in [0.2, 0.25) is 0 Å². The van der Waals surface area contributed by atoms with Gasteiger partial charge in [0.25, 0.3) is 0 Å². The second-order valence-electron chi connectivity index (χ2n) is 9.14. The van der Waals surface area contributed by atoms with Crippen molar-refractivity contribution in [1.82, 2.24) is 15.4 Å². The van der Waals surface area contributed by atoms with Crippen molar-refractivity contribution < 1.29 is 22.7 Å². The summed E-state index contributed by atoms with van der Waals surface area (Å²) < 4.78 is 46.3. The number of H-pyrrole nitrogens is 1. The van der Waals surface area contributed by atoms with E-state index in [1.807, 2.05) is 6.07 Å². The fraction of sp³-hybridized carbons (Fsp3) is 0.423. The predicted molar refractivity (Wildman–Crippen MR) is 125 cm³/mol. The normalized spacial score (nSPS) is 17.8. The largest absolute Gasteiger partial charge is 0.417 e. The molecular weight excluding hydrogens is 443 g/mol. The first-order chi connectivity index (χ1) is 16.4. The van der Waals surface area contributed by atoms with Crippen molar-refractivity contribution in [3.05, 3.63) is 59.4 Å². The highest BCUT2D eigenvalue weighted by Crippen LogP contribution is 2.40. The summed E-state index contributed by atoms with van der Waals surface area (Å²) >= 11 is 0. The summed E-state index contributed by atoms with van der Waals surface area (Å²) in [5.74, 6) is 0.631. The lowest BCUT2D eigenvalue weighted by Crippen LogP contribution is -2.31. The monoisotopic (exact) mass is 471 g/mol. The number of imidazole rings is 1. The lowest BCUT2D eigenvalue weighted by atomic mass is 9.84. The van der Waals surface area contributed by atoms with Gasteiger partial charge in [-0.2, -0.15) is 13.2 Å². The minimum absolute atomic E-state index is 0.156. The number of hydroxylamine groups is 1. The minimum Gasteiger partial charge on any atom is -0.385 e. The molecule has 1 aromatic heterocycles. The molecule has 180 valence electrons. The number of aromatic amines is 1. The highest BCUT2D eigenvalue weighted by Gasteiger charge is 2.37. The minimum atomic E-state index is -4.44. The number of fused-ring (bicyclic) bond motifs is 1. The zero-order valence-electron chi connectivity index (χ0n) is 19.1. The Kier molecular flexibility index (Phi) is 6.12. The Bertz CT molecular complexity index is 1210. The number of rotatable bonds is 6. The van der Waals surface area contributed by atoms with Gasteiger partial charge in [0.05, 0.1) is 16.6 Å². The third-order valence-electron chi connectivity index (χ3n) is 6.73. The number of hydrogen-bond acceptors (Lipinski definition) is 4. The van der Waals surface area contributed by atoms with Crippen molar-refractivity contribution in [3.8, 4) is 11.1 Å². The Morgan fingerprint density at radius 2 is 1.91 bits per heavy atom. The number of halogens is 3. The van der Waals surface area contributed by atoms with Crippen molar-refractivity contribution in [2.75, 3.05) is 13.7 Å². The number of aryl methyl sites for hydroxylation is 1. The van der Waals surface area contributed by atoms with Crippen molar-refractivity contribution in [2.24, 2.45) is 0 Å². The van der Waals surface area contributed by atoms with Gasteiger partial charge in [-0.3, -0.25) is 10.3 Å². The third kappa shape index (κ3) is 4.44. The molecule has 2 N–H and O–H groups in total. The zero-order chi connectivity index (χ0) is 23.8. The predicted octanol–water partition coefficient (Wildman–Crippen LogP) is 6.41. The molecule has 1 aliphatic heterocycles. The smallest absolute Gasteiger partial charge is 0.385 e. The SMILES string of the molecule is COCCCc1cc(-c2ccccc2C(F)(F)F)cc2[nH]c(C3=CC4(CCCCC4)ON3)nc12. The van der Waals surface area contributed by atoms with Crippen LogP contribution in [0.5, 0.6) is 0 Å². The second-order valence-corrected chi connectivity index (χ2v) is 9.14. The Morgan fingerprint density at radius 1 is 1.12 bits per heavy atom. The van der Waals surface area contributed by atoms with Crippen LogP contribution in [-0.2, 0) is 22.2 Å². The van der Waals surface area contributed by atoms with Crippen molar-refractivity contribution >= 4 is 16.7 Å². The Morgan fingerprint density at radius 3 is 2.68 bits per heavy atom. The van der Waals surface area contributed by atoms with Crippen LogP contribution in [0.25, 0.3) is 27.9 Å². The van der Waals surface area contributed by atoms with Gasteiger partial charge in [0.15, 0.2) is 5.82 Å². The molecule has 0 saturated heterocycles. The summed E-state index contributed by atoms with van der Waals surface area (Å²) in [5.41, 5.74) is 5.87. The van der Waals surface area contributed by atoms with Crippen molar-refractivity contribution in [3.63, 3.8) is 0 Å². The first-order valence-corrected chi connectivity index (χ1v) is 11.7. The van der Waals surface area contributed by atoms with Gasteiger partial charge in [0.2, 0.25) is 0 Å². The van der Waals surface area contributed by atoms with Gasteiger partial charge in [-0.15, -0.1) is 0 Å². The Labute approximate surface area is 196 Å². The van der Waals surface area contributed by atoms with E-state index in [0.717, 1.165) is 54.9 Å². The molecule has 1 aliphatic carbocycles. The van der Waals surface area contributed by atoms with Crippen LogP contribution in [-0.4, -0.2) is 29.3 Å². The van der Waals surface area contributed by atoms with Crippen LogP contribution >= 0.6 is 0 Å². The van der Waals surface area contributed by atoms with E-state index < -0.39 is 11.7 Å². The van der Waals surface area contributed by atoms with Gasteiger partial charge in [-0.25, -0.2) is 4.98 Å². The number of methoxy groups -OCH3 is 1. The molecule has 2 aromatic carbocycles. The van der Waals surface area contributed by atoms with E-state index in [1.165, 1.54) is 18.6 Å². The summed E-state index contributed by atoms with van der Waals surface area (Å²) in [4.78, 5) is 14.1. The third-order valence-corrected chi connectivity index (χ3v) is 6.73. The van der Waals surface area contributed by atoms with Gasteiger partial charge in [0.1, 0.15) is 11.3 Å². The second kappa shape index (κ2) is 9.07. The highest BCUT2D eigenvalue weighted by molar-refractivity contribution is 5.87. The summed E-state index contributed by atoms with van der Waals surface area (Å²) in [6.07, 6.45) is 4.43. The number of nitrogens with zero attached hydrogens (tertiary/aromatic N) is 1. The number of ether oxygens (including phenoxy) is 1. The van der Waals surface area contributed by atoms with E-state index in [0.29, 0.717) is 29.9 Å². The fourth-order valence-corrected chi connectivity index (χ4v) is 5.04. The van der Waals surface area contributed by atoms with Gasteiger partial charge in [0, 0.05) is 13.7 Å². The maximum Gasteiger partial charge on any atom is 0.417 e. The van der Waals surface area contributed by atoms with Crippen molar-refractivity contribution in [1.29, 1.82) is 0 Å². The molecule has 1 fully saturated rings. The summed E-state index contributed by atoms with van der Waals surface area (Å²) in [6, 6.07) is 9.26. The maximum absolute atomic E-state index is 13.7. The summed E-state index contributed by atoms with van der Waals surface area (Å²) in [6.45, 7) is 0.561. The lowest BCUT2D eigenvalue weighted by Gasteiger charge is -2.29. The van der Waals surface area contributed by atoms with Gasteiger partial charge < -0.3 is 9.72 Å². The van der Waals surface area contributed by atoms with Gasteiger partial charge in [-0.1, -0.05) is 37.5 Å².